The molecule has 47 heavy (non-hydrogen) atoms. The maximum atomic E-state index is 14.1. The summed E-state index contributed by atoms with van der Waals surface area (Å²) in [6.45, 7) is 6.54. The number of β-amino-alcohol motifs (C(OH)–C–C–N with tert-alkyl or cyclic N) is 1. The lowest BCUT2D eigenvalue weighted by Crippen LogP contribution is -2.51. The van der Waals surface area contributed by atoms with Gasteiger partial charge in [-0.3, -0.25) is 9.59 Å². The Bertz CT molecular complexity index is 1530. The Hall–Kier alpha value is -4.45. The molecule has 3 aromatic carbocycles. The fourth-order valence-corrected chi connectivity index (χ4v) is 5.67. The lowest BCUT2D eigenvalue weighted by Gasteiger charge is -2.29. The molecule has 0 aromatic heterocycles. The van der Waals surface area contributed by atoms with Crippen molar-refractivity contribution in [2.75, 3.05) is 31.7 Å². The number of hydrogen-bond acceptors (Lipinski definition) is 7. The highest BCUT2D eigenvalue weighted by atomic mass is 16.5. The summed E-state index contributed by atoms with van der Waals surface area (Å²) in [5.41, 5.74) is 4.97. The lowest BCUT2D eigenvalue weighted by atomic mass is 9.98. The summed E-state index contributed by atoms with van der Waals surface area (Å²) in [6, 6.07) is 20.6. The van der Waals surface area contributed by atoms with E-state index in [4.69, 9.17) is 9.84 Å². The fourth-order valence-electron chi connectivity index (χ4n) is 5.67. The van der Waals surface area contributed by atoms with Crippen molar-refractivity contribution in [3.63, 3.8) is 0 Å². The molecule has 11 nitrogen and oxygen atoms in total. The molecule has 11 heteroatoms. The van der Waals surface area contributed by atoms with Crippen molar-refractivity contribution in [2.45, 2.75) is 70.8 Å². The minimum atomic E-state index is -0.926. The van der Waals surface area contributed by atoms with E-state index in [9.17, 15) is 19.5 Å². The van der Waals surface area contributed by atoms with Crippen LogP contribution in [0.25, 0.3) is 11.1 Å². The number of nitrogens with one attached hydrogen (secondary N) is 4. The molecule has 0 fully saturated rings. The monoisotopic (exact) mass is 645 g/mol. The second-order valence-corrected chi connectivity index (χ2v) is 12.4. The smallest absolute Gasteiger partial charge is 0.315 e. The van der Waals surface area contributed by atoms with Crippen molar-refractivity contribution in [1.29, 1.82) is 0 Å². The first-order valence-electron chi connectivity index (χ1n) is 16.0. The van der Waals surface area contributed by atoms with Crippen LogP contribution in [0, 0.1) is 0 Å². The van der Waals surface area contributed by atoms with Crippen molar-refractivity contribution < 1.29 is 29.3 Å². The van der Waals surface area contributed by atoms with E-state index < -0.39 is 17.7 Å². The average molecular weight is 646 g/mol. The van der Waals surface area contributed by atoms with Gasteiger partial charge < -0.3 is 41.1 Å². The predicted molar refractivity (Wildman–Crippen MR) is 182 cm³/mol. The Morgan fingerprint density at radius 2 is 1.81 bits per heavy atom. The molecule has 0 radical (unpaired) electrons. The lowest BCUT2D eigenvalue weighted by molar-refractivity contribution is -0.128. The number of aliphatic hydroxyl groups is 2. The quantitative estimate of drug-likeness (QED) is 0.157. The third-order valence-electron chi connectivity index (χ3n) is 8.21. The first kappa shape index (κ1) is 35.4. The molecule has 3 aromatic rings. The van der Waals surface area contributed by atoms with Gasteiger partial charge in [0.05, 0.1) is 26.4 Å². The van der Waals surface area contributed by atoms with Crippen LogP contribution < -0.4 is 30.9 Å². The zero-order valence-corrected chi connectivity index (χ0v) is 27.6. The third kappa shape index (κ3) is 9.77. The summed E-state index contributed by atoms with van der Waals surface area (Å²) in [5.74, 6) is 0.211. The van der Waals surface area contributed by atoms with E-state index in [2.05, 4.69) is 21.3 Å². The molecule has 0 saturated carbocycles. The number of carbonyl (C=O) groups is 3. The predicted octanol–water partition coefficient (Wildman–Crippen LogP) is 3.26. The van der Waals surface area contributed by atoms with Crippen molar-refractivity contribution in [3.05, 3.63) is 83.4 Å². The number of methoxy groups -OCH3 is 1. The van der Waals surface area contributed by atoms with Crippen LogP contribution in [0.3, 0.4) is 0 Å². The summed E-state index contributed by atoms with van der Waals surface area (Å²) in [4.78, 5) is 41.0. The number of carbonyl (C=O) groups excluding carboxylic acids is 3. The fraction of sp³-hybridized carbons (Fsp3) is 0.417. The van der Waals surface area contributed by atoms with Crippen LogP contribution >= 0.6 is 0 Å². The molecule has 1 aliphatic rings. The van der Waals surface area contributed by atoms with Crippen LogP contribution in [0.1, 0.15) is 50.3 Å². The maximum Gasteiger partial charge on any atom is 0.315 e. The number of aryl methyl sites for hydroxylation is 1. The molecule has 4 amide bonds. The highest BCUT2D eigenvalue weighted by molar-refractivity contribution is 6.00. The largest absolute Gasteiger partial charge is 0.497 e. The van der Waals surface area contributed by atoms with Crippen molar-refractivity contribution >= 4 is 23.5 Å². The standard InChI is InChI=1S/C36H47N5O6/c1-5-37-35(46)38-20-27-8-6-7-9-30(27)25-12-10-24(11-13-25)22-41-32-17-15-29(47-4)18-26(32)14-16-31(34(41)45)40-33(44)19-36(2,3)39-21-28(43)23-42/h6-13,15,17-18,28,31,39,42-43H,5,14,16,19-23H2,1-4H3,(H,40,44)(H2,37,38,46)/t28-,31+/m0/s1. The molecule has 252 valence electrons. The van der Waals surface area contributed by atoms with E-state index in [1.54, 1.807) is 12.0 Å². The van der Waals surface area contributed by atoms with Gasteiger partial charge >= 0.3 is 6.03 Å². The topological polar surface area (TPSA) is 152 Å². The van der Waals surface area contributed by atoms with E-state index in [1.165, 1.54) is 0 Å². The van der Waals surface area contributed by atoms with Gasteiger partial charge in [0.2, 0.25) is 11.8 Å². The summed E-state index contributed by atoms with van der Waals surface area (Å²) < 4.78 is 5.46. The van der Waals surface area contributed by atoms with Gasteiger partial charge in [0.1, 0.15) is 11.8 Å². The Kier molecular flexibility index (Phi) is 12.4. The second-order valence-electron chi connectivity index (χ2n) is 12.4. The molecule has 1 aliphatic heterocycles. The summed E-state index contributed by atoms with van der Waals surface area (Å²) in [5, 5.41) is 30.5. The molecule has 6 N–H and O–H groups in total. The number of ether oxygens (including phenoxy) is 1. The minimum absolute atomic E-state index is 0.0808. The number of urea groups is 1. The molecule has 2 atom stereocenters. The Balaban J connectivity index is 1.53. The number of nitrogens with zero attached hydrogens (tertiary/aromatic N) is 1. The van der Waals surface area contributed by atoms with Gasteiger partial charge in [0, 0.05) is 37.3 Å². The zero-order chi connectivity index (χ0) is 34.0. The minimum Gasteiger partial charge on any atom is -0.497 e. The Labute approximate surface area is 276 Å². The van der Waals surface area contributed by atoms with Crippen LogP contribution in [0.4, 0.5) is 10.5 Å². The third-order valence-corrected chi connectivity index (χ3v) is 8.21. The maximum absolute atomic E-state index is 14.1. The van der Waals surface area contributed by atoms with E-state index >= 15 is 0 Å². The van der Waals surface area contributed by atoms with Crippen LogP contribution in [-0.2, 0) is 29.1 Å². The van der Waals surface area contributed by atoms with Gasteiger partial charge in [0.15, 0.2) is 0 Å². The molecule has 1 heterocycles. The van der Waals surface area contributed by atoms with Crippen molar-refractivity contribution in [3.8, 4) is 16.9 Å². The summed E-state index contributed by atoms with van der Waals surface area (Å²) >= 11 is 0. The van der Waals surface area contributed by atoms with Gasteiger partial charge in [0.25, 0.3) is 0 Å². The molecular formula is C36H47N5O6. The first-order chi connectivity index (χ1) is 22.5. The van der Waals surface area contributed by atoms with Crippen molar-refractivity contribution in [1.82, 2.24) is 21.3 Å². The average Bonchev–Trinajstić information content (AvgIpc) is 3.18. The molecule has 0 unspecified atom stereocenters. The van der Waals surface area contributed by atoms with Crippen LogP contribution in [0.15, 0.2) is 66.7 Å². The second kappa shape index (κ2) is 16.4. The SMILES string of the molecule is CCNC(=O)NCc1ccccc1-c1ccc(CN2C(=O)[C@H](NC(=O)CC(C)(C)NC[C@H](O)CO)CCc3cc(OC)ccc32)cc1. The first-order valence-corrected chi connectivity index (χ1v) is 16.0. The molecule has 4 rings (SSSR count). The van der Waals surface area contributed by atoms with Crippen molar-refractivity contribution in [2.24, 2.45) is 0 Å². The van der Waals surface area contributed by atoms with E-state index in [-0.39, 0.29) is 37.4 Å². The zero-order valence-electron chi connectivity index (χ0n) is 27.6. The highest BCUT2D eigenvalue weighted by Gasteiger charge is 2.33. The highest BCUT2D eigenvalue weighted by Crippen LogP contribution is 2.32. The summed E-state index contributed by atoms with van der Waals surface area (Å²) in [7, 11) is 1.61. The number of aliphatic hydroxyl groups excluding tert-OH is 2. The van der Waals surface area contributed by atoms with Gasteiger partial charge in [-0.15, -0.1) is 0 Å². The number of anilines is 1. The molecule has 0 spiro atoms. The van der Waals surface area contributed by atoms with Gasteiger partial charge in [-0.25, -0.2) is 4.79 Å². The summed E-state index contributed by atoms with van der Waals surface area (Å²) in [6.07, 6.45) is 0.157. The number of rotatable bonds is 14. The van der Waals surface area contributed by atoms with E-state index in [0.717, 1.165) is 33.5 Å². The van der Waals surface area contributed by atoms with Crippen LogP contribution in [0.5, 0.6) is 5.75 Å². The van der Waals surface area contributed by atoms with Gasteiger partial charge in [-0.2, -0.15) is 0 Å². The number of fused-ring (bicyclic) bond motifs is 1. The van der Waals surface area contributed by atoms with Crippen LogP contribution in [-0.4, -0.2) is 72.5 Å². The Morgan fingerprint density at radius 1 is 1.06 bits per heavy atom. The molecule has 0 aliphatic carbocycles. The van der Waals surface area contributed by atoms with E-state index in [0.29, 0.717) is 38.2 Å². The molecule has 0 bridgehead atoms. The Morgan fingerprint density at radius 3 is 2.51 bits per heavy atom. The molecular weight excluding hydrogens is 598 g/mol. The van der Waals surface area contributed by atoms with Crippen LogP contribution in [0.2, 0.25) is 0 Å². The van der Waals surface area contributed by atoms with E-state index in [1.807, 2.05) is 87.5 Å². The van der Waals surface area contributed by atoms with Gasteiger partial charge in [-0.05, 0) is 79.6 Å². The number of amides is 4. The van der Waals surface area contributed by atoms with Gasteiger partial charge in [-0.1, -0.05) is 48.5 Å². The number of benzene rings is 3. The normalized spacial score (nSPS) is 15.3. The number of hydrogen-bond donors (Lipinski definition) is 6. The molecule has 0 saturated heterocycles.